The van der Waals surface area contributed by atoms with Gasteiger partial charge in [0.1, 0.15) is 6.61 Å². The Labute approximate surface area is 288 Å². The quantitative estimate of drug-likeness (QED) is 0.0787. The maximum atomic E-state index is 5.32. The number of allylic oxidation sites excluding steroid dienone is 3. The molecule has 5 aromatic rings. The van der Waals surface area contributed by atoms with Gasteiger partial charge in [-0.2, -0.15) is 0 Å². The molecule has 1 heterocycles. The van der Waals surface area contributed by atoms with Crippen LogP contribution >= 0.6 is 0 Å². The van der Waals surface area contributed by atoms with Crippen LogP contribution in [0, 0.1) is 6.92 Å². The summed E-state index contributed by atoms with van der Waals surface area (Å²) in [6.07, 6.45) is 8.94. The Kier molecular flexibility index (Phi) is 15.9. The Morgan fingerprint density at radius 3 is 2.19 bits per heavy atom. The van der Waals surface area contributed by atoms with E-state index in [2.05, 4.69) is 132 Å². The fourth-order valence-electron chi connectivity index (χ4n) is 5.78. The van der Waals surface area contributed by atoms with Crippen LogP contribution in [0.1, 0.15) is 82.2 Å². The molecule has 0 radical (unpaired) electrons. The highest BCUT2D eigenvalue weighted by Gasteiger charge is 2.16. The van der Waals surface area contributed by atoms with Crippen molar-refractivity contribution in [3.05, 3.63) is 137 Å². The van der Waals surface area contributed by atoms with Gasteiger partial charge in [-0.1, -0.05) is 116 Å². The number of para-hydroxylation sites is 1. The molecule has 48 heavy (non-hydrogen) atoms. The average Bonchev–Trinajstić information content (AvgIpc) is 3.44. The number of nitrogens with two attached hydrogens (primary N) is 1. The highest BCUT2D eigenvalue weighted by Crippen LogP contribution is 2.35. The van der Waals surface area contributed by atoms with Crippen LogP contribution in [0.3, 0.4) is 0 Å². The van der Waals surface area contributed by atoms with Crippen molar-refractivity contribution >= 4 is 27.5 Å². The van der Waals surface area contributed by atoms with Gasteiger partial charge in [-0.25, -0.2) is 5.90 Å². The summed E-state index contributed by atoms with van der Waals surface area (Å²) in [5.74, 6) is 4.53. The number of aryl methyl sites for hydroxylation is 2. The maximum Gasteiger partial charge on any atom is 0.114 e. The second-order valence-electron chi connectivity index (χ2n) is 11.6. The summed E-state index contributed by atoms with van der Waals surface area (Å²) in [6, 6.07) is 31.6. The summed E-state index contributed by atoms with van der Waals surface area (Å²) in [5.41, 5.74) is 12.5. The fourth-order valence-corrected chi connectivity index (χ4v) is 5.78. The van der Waals surface area contributed by atoms with Crippen molar-refractivity contribution in [1.29, 1.82) is 0 Å². The van der Waals surface area contributed by atoms with Crippen LogP contribution in [-0.4, -0.2) is 23.5 Å². The molecule has 0 aliphatic rings. The van der Waals surface area contributed by atoms with Crippen molar-refractivity contribution in [3.63, 3.8) is 0 Å². The predicted octanol–water partition coefficient (Wildman–Crippen LogP) is 11.0. The topological polar surface area (TPSA) is 61.8 Å². The summed E-state index contributed by atoms with van der Waals surface area (Å²) < 4.78 is 2.46. The molecule has 0 fully saturated rings. The summed E-state index contributed by atoms with van der Waals surface area (Å²) in [5, 5.41) is 6.83. The first kappa shape index (κ1) is 38.0. The largest absolute Gasteiger partial charge is 0.396 e. The first-order chi connectivity index (χ1) is 23.4. The molecule has 1 aromatic heterocycles. The number of oxime groups is 1. The normalized spacial score (nSPS) is 11.5. The zero-order valence-corrected chi connectivity index (χ0v) is 30.2. The SMILES string of the molecule is C=C/C(=C\CC)CCc1ccc2c(c1)c1ccc(CC(C)=NOCC)cc1n2-c1ccccc1Cc1ccc(C)cc1.CC.CCON. The van der Waals surface area contributed by atoms with Crippen LogP contribution < -0.4 is 5.90 Å². The van der Waals surface area contributed by atoms with Crippen molar-refractivity contribution in [1.82, 2.24) is 4.57 Å². The van der Waals surface area contributed by atoms with Gasteiger partial charge in [0.05, 0.1) is 23.4 Å². The lowest BCUT2D eigenvalue weighted by atomic mass is 10.0. The van der Waals surface area contributed by atoms with E-state index < -0.39 is 0 Å². The number of hydrogen-bond acceptors (Lipinski definition) is 4. The van der Waals surface area contributed by atoms with Gasteiger partial charge in [0.15, 0.2) is 0 Å². The van der Waals surface area contributed by atoms with E-state index in [1.807, 2.05) is 40.7 Å². The van der Waals surface area contributed by atoms with E-state index in [0.29, 0.717) is 13.2 Å². The minimum absolute atomic E-state index is 0.577. The minimum Gasteiger partial charge on any atom is -0.396 e. The Morgan fingerprint density at radius 1 is 0.833 bits per heavy atom. The molecular formula is C43H55N3O2. The number of rotatable bonds is 13. The van der Waals surface area contributed by atoms with Crippen molar-refractivity contribution in [2.45, 2.75) is 80.6 Å². The van der Waals surface area contributed by atoms with E-state index in [1.54, 1.807) is 0 Å². The number of nitrogens with zero attached hydrogens (tertiary/aromatic N) is 2. The van der Waals surface area contributed by atoms with Gasteiger partial charge in [0.2, 0.25) is 0 Å². The Hall–Kier alpha value is -4.45. The lowest BCUT2D eigenvalue weighted by Crippen LogP contribution is -2.02. The number of fused-ring (bicyclic) bond motifs is 3. The molecule has 0 unspecified atom stereocenters. The Morgan fingerprint density at radius 2 is 1.52 bits per heavy atom. The third-order valence-electron chi connectivity index (χ3n) is 8.05. The first-order valence-corrected chi connectivity index (χ1v) is 17.4. The van der Waals surface area contributed by atoms with E-state index >= 15 is 0 Å². The fraction of sp³-hybridized carbons (Fsp3) is 0.326. The van der Waals surface area contributed by atoms with Gasteiger partial charge in [-0.05, 0) is 99.9 Å². The molecular weight excluding hydrogens is 590 g/mol. The molecule has 254 valence electrons. The highest BCUT2D eigenvalue weighted by molar-refractivity contribution is 6.10. The van der Waals surface area contributed by atoms with Crippen LogP contribution in [0.4, 0.5) is 0 Å². The van der Waals surface area contributed by atoms with Gasteiger partial charge < -0.3 is 14.2 Å². The van der Waals surface area contributed by atoms with Crippen LogP contribution in [0.25, 0.3) is 27.5 Å². The van der Waals surface area contributed by atoms with E-state index in [1.165, 1.54) is 60.9 Å². The van der Waals surface area contributed by atoms with Crippen molar-refractivity contribution in [2.24, 2.45) is 11.1 Å². The first-order valence-electron chi connectivity index (χ1n) is 17.4. The van der Waals surface area contributed by atoms with Crippen LogP contribution in [0.5, 0.6) is 0 Å². The highest BCUT2D eigenvalue weighted by atomic mass is 16.6. The number of hydrogen-bond donors (Lipinski definition) is 1. The number of aromatic nitrogens is 1. The molecule has 0 aliphatic heterocycles. The predicted molar refractivity (Wildman–Crippen MR) is 207 cm³/mol. The zero-order chi connectivity index (χ0) is 34.9. The van der Waals surface area contributed by atoms with Crippen LogP contribution in [-0.2, 0) is 28.9 Å². The number of benzene rings is 4. The summed E-state index contributed by atoms with van der Waals surface area (Å²) >= 11 is 0. The molecule has 5 heteroatoms. The summed E-state index contributed by atoms with van der Waals surface area (Å²) in [7, 11) is 0. The third-order valence-corrected chi connectivity index (χ3v) is 8.05. The standard InChI is InChI=1S/C39H42N2O.C2H7NO.C2H6/c1-6-11-30(7-2)18-19-32-21-23-38-36(26-32)35-22-20-33(24-29(5)40-42-8-3)27-39(35)41(38)37-13-10-9-12-34(37)25-31-16-14-28(4)15-17-31;1-2-4-3;1-2/h7,9-17,20-23,26-27H,2,6,8,18-19,24-25H2,1,3-5H3;2-3H2,1H3;1-2H3/b30-11+,40-29?;;. The van der Waals surface area contributed by atoms with Gasteiger partial charge >= 0.3 is 0 Å². The van der Waals surface area contributed by atoms with Gasteiger partial charge in [-0.3, -0.25) is 0 Å². The molecule has 5 nitrogen and oxygen atoms in total. The maximum absolute atomic E-state index is 5.32. The monoisotopic (exact) mass is 645 g/mol. The summed E-state index contributed by atoms with van der Waals surface area (Å²) in [4.78, 5) is 9.37. The molecule has 0 bridgehead atoms. The Bertz CT molecular complexity index is 1790. The molecule has 0 atom stereocenters. The van der Waals surface area contributed by atoms with E-state index in [-0.39, 0.29) is 0 Å². The lowest BCUT2D eigenvalue weighted by molar-refractivity contribution is 0.152. The second kappa shape index (κ2) is 20.0. The smallest absolute Gasteiger partial charge is 0.114 e. The van der Waals surface area contributed by atoms with Crippen molar-refractivity contribution < 1.29 is 9.68 Å². The van der Waals surface area contributed by atoms with Gasteiger partial charge in [0, 0.05) is 22.9 Å². The van der Waals surface area contributed by atoms with Crippen molar-refractivity contribution in [3.8, 4) is 5.69 Å². The van der Waals surface area contributed by atoms with Gasteiger partial charge in [-0.15, -0.1) is 0 Å². The molecule has 0 saturated carbocycles. The van der Waals surface area contributed by atoms with Crippen LogP contribution in [0.15, 0.2) is 114 Å². The average molecular weight is 646 g/mol. The van der Waals surface area contributed by atoms with Gasteiger partial charge in [0.25, 0.3) is 0 Å². The molecule has 2 N–H and O–H groups in total. The Balaban J connectivity index is 0.000000970. The minimum atomic E-state index is 0.577. The molecule has 0 amide bonds. The molecule has 0 aliphatic carbocycles. The summed E-state index contributed by atoms with van der Waals surface area (Å²) in [6.45, 7) is 19.3. The lowest BCUT2D eigenvalue weighted by Gasteiger charge is -2.15. The van der Waals surface area contributed by atoms with E-state index in [9.17, 15) is 0 Å². The van der Waals surface area contributed by atoms with E-state index in [0.717, 1.165) is 37.8 Å². The molecule has 4 aromatic carbocycles. The zero-order valence-electron chi connectivity index (χ0n) is 30.2. The molecule has 0 spiro atoms. The van der Waals surface area contributed by atoms with Crippen LogP contribution in [0.2, 0.25) is 0 Å². The second-order valence-corrected chi connectivity index (χ2v) is 11.6. The van der Waals surface area contributed by atoms with E-state index in [4.69, 9.17) is 4.84 Å². The molecule has 5 rings (SSSR count). The van der Waals surface area contributed by atoms with Crippen molar-refractivity contribution in [2.75, 3.05) is 13.2 Å². The third kappa shape index (κ3) is 10.3. The molecule has 0 saturated heterocycles.